The third-order valence-corrected chi connectivity index (χ3v) is 8.51. The number of likely N-dealkylation sites (N-methyl/N-ethyl adjacent to an activating group) is 1. The van der Waals surface area contributed by atoms with E-state index in [1.54, 1.807) is 11.3 Å². The molecule has 0 unspecified atom stereocenters. The fraction of sp³-hybridized carbons (Fsp3) is 0.200. The Balaban J connectivity index is 0.000000142. The van der Waals surface area contributed by atoms with Gasteiger partial charge in [0.25, 0.3) is 0 Å². The third-order valence-electron chi connectivity index (χ3n) is 6.34. The number of hydrogen-bond acceptors (Lipinski definition) is 4. The average Bonchev–Trinajstić information content (AvgIpc) is 3.54. The monoisotopic (exact) mass is 482 g/mol. The van der Waals surface area contributed by atoms with Crippen molar-refractivity contribution < 1.29 is 0 Å². The van der Waals surface area contributed by atoms with E-state index < -0.39 is 0 Å². The molecule has 6 rings (SSSR count). The molecule has 0 atom stereocenters. The second-order valence-electron chi connectivity index (χ2n) is 8.59. The quantitative estimate of drug-likeness (QED) is 0.286. The molecule has 34 heavy (non-hydrogen) atoms. The van der Waals surface area contributed by atoms with E-state index in [1.165, 1.54) is 68.3 Å². The molecular weight excluding hydrogens is 452 g/mol. The molecule has 2 nitrogen and oxygen atoms in total. The van der Waals surface area contributed by atoms with Crippen LogP contribution in [-0.2, 0) is 6.42 Å². The number of aryl methyl sites for hydroxylation is 1. The lowest BCUT2D eigenvalue weighted by molar-refractivity contribution is 0.982. The van der Waals surface area contributed by atoms with Crippen molar-refractivity contribution in [2.75, 3.05) is 23.9 Å². The van der Waals surface area contributed by atoms with Crippen LogP contribution in [-0.4, -0.2) is 14.1 Å². The Bertz CT molecular complexity index is 1340. The van der Waals surface area contributed by atoms with Crippen molar-refractivity contribution in [3.05, 3.63) is 106 Å². The standard InChI is InChI=1S/C15H17NS.C15H13NS/c1-16(13-8-3-2-4-9-13)15-11-12-7-5-6-10-14(12)17-15;1-16(12-7-3-2-4-8-12)14-11-17-15-10-6-5-9-13(14)15/h3,6,8-11H,2,4-5,7H2,1H3;2-11H,1H3. The van der Waals surface area contributed by atoms with Gasteiger partial charge in [-0.05, 0) is 67.7 Å². The van der Waals surface area contributed by atoms with E-state index in [1.807, 2.05) is 17.4 Å². The highest BCUT2D eigenvalue weighted by Gasteiger charge is 2.14. The van der Waals surface area contributed by atoms with Gasteiger partial charge >= 0.3 is 0 Å². The molecular formula is C30H30N2S2. The van der Waals surface area contributed by atoms with Crippen LogP contribution >= 0.6 is 22.7 Å². The Labute approximate surface area is 210 Å². The Kier molecular flexibility index (Phi) is 6.98. The summed E-state index contributed by atoms with van der Waals surface area (Å²) in [7, 11) is 4.28. The summed E-state index contributed by atoms with van der Waals surface area (Å²) in [4.78, 5) is 5.99. The SMILES string of the molecule is CN(C1=CCCC=C1)c1cc2c(s1)C=CCC2.CN(c1ccccc1)c1csc2ccccc12. The number of hydrogen-bond donors (Lipinski definition) is 0. The van der Waals surface area contributed by atoms with Crippen molar-refractivity contribution in [3.63, 3.8) is 0 Å². The van der Waals surface area contributed by atoms with Crippen LogP contribution in [0.1, 0.15) is 29.7 Å². The first-order valence-electron chi connectivity index (χ1n) is 11.9. The average molecular weight is 483 g/mol. The van der Waals surface area contributed by atoms with Gasteiger partial charge < -0.3 is 9.80 Å². The summed E-state index contributed by atoms with van der Waals surface area (Å²) >= 11 is 3.70. The second kappa shape index (κ2) is 10.5. The maximum absolute atomic E-state index is 2.35. The van der Waals surface area contributed by atoms with Crippen LogP contribution in [0, 0.1) is 0 Å². The van der Waals surface area contributed by atoms with E-state index in [9.17, 15) is 0 Å². The number of thiophene rings is 2. The largest absolute Gasteiger partial charge is 0.343 e. The van der Waals surface area contributed by atoms with Gasteiger partial charge in [0.15, 0.2) is 0 Å². The first kappa shape index (κ1) is 22.7. The molecule has 0 fully saturated rings. The summed E-state index contributed by atoms with van der Waals surface area (Å²) < 4.78 is 1.34. The Hall–Kier alpha value is -3.08. The van der Waals surface area contributed by atoms with E-state index >= 15 is 0 Å². The van der Waals surface area contributed by atoms with Crippen molar-refractivity contribution in [2.45, 2.75) is 25.7 Å². The zero-order valence-corrected chi connectivity index (χ0v) is 21.4. The molecule has 2 aromatic heterocycles. The molecule has 0 saturated heterocycles. The summed E-state index contributed by atoms with van der Waals surface area (Å²) in [6.07, 6.45) is 16.1. The van der Waals surface area contributed by atoms with Crippen molar-refractivity contribution in [2.24, 2.45) is 0 Å². The number of anilines is 3. The van der Waals surface area contributed by atoms with Gasteiger partial charge in [-0.3, -0.25) is 0 Å². The van der Waals surface area contributed by atoms with E-state index in [-0.39, 0.29) is 0 Å². The van der Waals surface area contributed by atoms with Crippen molar-refractivity contribution >= 4 is 55.2 Å². The van der Waals surface area contributed by atoms with Gasteiger partial charge in [0.2, 0.25) is 0 Å². The molecule has 2 aliphatic rings. The summed E-state index contributed by atoms with van der Waals surface area (Å²) in [5.41, 5.74) is 5.34. The molecule has 172 valence electrons. The molecule has 0 aliphatic heterocycles. The molecule has 0 bridgehead atoms. The van der Waals surface area contributed by atoms with Gasteiger partial charge in [-0.2, -0.15) is 0 Å². The molecule has 4 heteroatoms. The zero-order valence-electron chi connectivity index (χ0n) is 19.8. The lowest BCUT2D eigenvalue weighted by atomic mass is 10.1. The molecule has 0 radical (unpaired) electrons. The minimum atomic E-state index is 1.17. The highest BCUT2D eigenvalue weighted by Crippen LogP contribution is 2.36. The zero-order chi connectivity index (χ0) is 23.3. The number of rotatable bonds is 4. The number of allylic oxidation sites excluding steroid dienone is 4. The number of fused-ring (bicyclic) bond motifs is 2. The number of nitrogens with zero attached hydrogens (tertiary/aromatic N) is 2. The highest BCUT2D eigenvalue weighted by molar-refractivity contribution is 7.18. The van der Waals surface area contributed by atoms with Crippen molar-refractivity contribution in [1.29, 1.82) is 0 Å². The van der Waals surface area contributed by atoms with E-state index in [0.29, 0.717) is 0 Å². The van der Waals surface area contributed by atoms with E-state index in [2.05, 4.69) is 114 Å². The molecule has 2 heterocycles. The minimum Gasteiger partial charge on any atom is -0.343 e. The molecule has 0 spiro atoms. The Morgan fingerprint density at radius 3 is 2.38 bits per heavy atom. The Morgan fingerprint density at radius 1 is 0.794 bits per heavy atom. The minimum absolute atomic E-state index is 1.17. The summed E-state index contributed by atoms with van der Waals surface area (Å²) in [5.74, 6) is 0. The predicted molar refractivity (Wildman–Crippen MR) is 153 cm³/mol. The maximum atomic E-state index is 2.35. The van der Waals surface area contributed by atoms with E-state index in [0.717, 1.165) is 0 Å². The molecule has 0 N–H and O–H groups in total. The third kappa shape index (κ3) is 4.89. The van der Waals surface area contributed by atoms with Gasteiger partial charge in [-0.1, -0.05) is 54.6 Å². The van der Waals surface area contributed by atoms with Gasteiger partial charge in [-0.15, -0.1) is 22.7 Å². The normalized spacial score (nSPS) is 14.2. The lowest BCUT2D eigenvalue weighted by Crippen LogP contribution is -2.14. The van der Waals surface area contributed by atoms with Crippen LogP contribution in [0.5, 0.6) is 0 Å². The molecule has 4 aromatic rings. The summed E-state index contributed by atoms with van der Waals surface area (Å²) in [5, 5.41) is 4.90. The van der Waals surface area contributed by atoms with Crippen LogP contribution in [0.25, 0.3) is 16.2 Å². The highest BCUT2D eigenvalue weighted by atomic mass is 32.1. The van der Waals surface area contributed by atoms with Crippen LogP contribution < -0.4 is 9.80 Å². The van der Waals surface area contributed by atoms with Gasteiger partial charge in [0, 0.05) is 45.8 Å². The van der Waals surface area contributed by atoms with Gasteiger partial charge in [-0.25, -0.2) is 0 Å². The summed E-state index contributed by atoms with van der Waals surface area (Å²) in [6, 6.07) is 21.3. The fourth-order valence-corrected chi connectivity index (χ4v) is 6.45. The van der Waals surface area contributed by atoms with Crippen LogP contribution in [0.2, 0.25) is 0 Å². The van der Waals surface area contributed by atoms with Crippen LogP contribution in [0.15, 0.2) is 96.0 Å². The predicted octanol–water partition coefficient (Wildman–Crippen LogP) is 9.05. The summed E-state index contributed by atoms with van der Waals surface area (Å²) in [6.45, 7) is 0. The maximum Gasteiger partial charge on any atom is 0.0959 e. The second-order valence-corrected chi connectivity index (χ2v) is 10.6. The molecule has 2 aliphatic carbocycles. The number of benzene rings is 2. The fourth-order valence-electron chi connectivity index (χ4n) is 4.35. The molecule has 2 aromatic carbocycles. The van der Waals surface area contributed by atoms with Gasteiger partial charge in [0.1, 0.15) is 0 Å². The van der Waals surface area contributed by atoms with Crippen molar-refractivity contribution in [3.8, 4) is 0 Å². The first-order chi connectivity index (χ1) is 16.7. The first-order valence-corrected chi connectivity index (χ1v) is 13.5. The smallest absolute Gasteiger partial charge is 0.0959 e. The van der Waals surface area contributed by atoms with Gasteiger partial charge in [0.05, 0.1) is 10.7 Å². The molecule has 0 saturated carbocycles. The molecule has 0 amide bonds. The van der Waals surface area contributed by atoms with Crippen LogP contribution in [0.3, 0.4) is 0 Å². The lowest BCUT2D eigenvalue weighted by Gasteiger charge is -2.20. The Morgan fingerprint density at radius 2 is 1.59 bits per heavy atom. The topological polar surface area (TPSA) is 6.48 Å². The number of para-hydroxylation sites is 1. The van der Waals surface area contributed by atoms with Crippen LogP contribution in [0.4, 0.5) is 16.4 Å². The van der Waals surface area contributed by atoms with Crippen molar-refractivity contribution in [1.82, 2.24) is 0 Å². The van der Waals surface area contributed by atoms with E-state index in [4.69, 9.17) is 0 Å².